The van der Waals surface area contributed by atoms with E-state index in [9.17, 15) is 17.2 Å². The molecule has 0 radical (unpaired) electrons. The molecule has 2 aromatic rings. The third kappa shape index (κ3) is 3.56. The minimum absolute atomic E-state index is 0.0708. The maximum absolute atomic E-state index is 13.2. The van der Waals surface area contributed by atoms with Crippen LogP contribution in [0.4, 0.5) is 14.6 Å². The molecule has 1 aromatic carbocycles. The van der Waals surface area contributed by atoms with Crippen LogP contribution in [-0.2, 0) is 16.6 Å². The Kier molecular flexibility index (Phi) is 4.17. The summed E-state index contributed by atoms with van der Waals surface area (Å²) in [5.41, 5.74) is 1.67. The quantitative estimate of drug-likeness (QED) is 0.877. The molecule has 0 bridgehead atoms. The fraction of sp³-hybridized carbons (Fsp3) is 0.444. The molecule has 2 aliphatic rings. The molecule has 5 nitrogen and oxygen atoms in total. The zero-order valence-electron chi connectivity index (χ0n) is 14.1. The number of aryl methyl sites for hydroxylation is 1. The Bertz CT molecular complexity index is 897. The molecule has 1 aliphatic carbocycles. The predicted octanol–water partition coefficient (Wildman–Crippen LogP) is 3.87. The van der Waals surface area contributed by atoms with E-state index in [0.717, 1.165) is 11.1 Å². The molecule has 26 heavy (non-hydrogen) atoms. The van der Waals surface area contributed by atoms with Crippen LogP contribution in [0.5, 0.6) is 5.75 Å². The lowest BCUT2D eigenvalue weighted by Crippen LogP contribution is -2.30. The number of hydrogen-bond acceptors (Lipinski definition) is 3. The normalized spacial score (nSPS) is 21.6. The molecule has 1 N–H and O–H groups in total. The number of hydrogen-bond donors (Lipinski definition) is 1. The van der Waals surface area contributed by atoms with Crippen molar-refractivity contribution in [1.29, 1.82) is 0 Å². The van der Waals surface area contributed by atoms with Gasteiger partial charge in [-0.05, 0) is 36.6 Å². The van der Waals surface area contributed by atoms with Gasteiger partial charge in [0.1, 0.15) is 11.6 Å². The van der Waals surface area contributed by atoms with Crippen LogP contribution in [0.2, 0.25) is 0 Å². The molecule has 1 aromatic heterocycles. The first-order chi connectivity index (χ1) is 12.3. The van der Waals surface area contributed by atoms with Crippen molar-refractivity contribution in [3.63, 3.8) is 0 Å². The van der Waals surface area contributed by atoms with E-state index in [0.29, 0.717) is 31.0 Å². The van der Waals surface area contributed by atoms with Crippen LogP contribution in [0, 0.1) is 0 Å². The van der Waals surface area contributed by atoms with E-state index >= 15 is 0 Å². The number of rotatable bonds is 3. The van der Waals surface area contributed by atoms with Gasteiger partial charge in [0.2, 0.25) is 15.9 Å². The van der Waals surface area contributed by atoms with E-state index in [1.807, 2.05) is 29.0 Å². The number of alkyl halides is 2. The average Bonchev–Trinajstić information content (AvgIpc) is 2.99. The highest BCUT2D eigenvalue weighted by atomic mass is 32.2. The third-order valence-electron chi connectivity index (χ3n) is 4.95. The highest BCUT2D eigenvalue weighted by molar-refractivity contribution is 7.92. The van der Waals surface area contributed by atoms with Gasteiger partial charge in [0.25, 0.3) is 0 Å². The monoisotopic (exact) mass is 382 g/mol. The summed E-state index contributed by atoms with van der Waals surface area (Å²) in [7, 11) is -3.29. The number of benzene rings is 1. The summed E-state index contributed by atoms with van der Waals surface area (Å²) in [6.45, 7) is 0.429. The van der Waals surface area contributed by atoms with Gasteiger partial charge in [-0.25, -0.2) is 17.2 Å². The third-order valence-corrected chi connectivity index (χ3v) is 6.17. The molecule has 2 heterocycles. The van der Waals surface area contributed by atoms with Crippen LogP contribution in [0.1, 0.15) is 25.7 Å². The number of anilines is 1. The number of halogens is 2. The summed E-state index contributed by atoms with van der Waals surface area (Å²) in [4.78, 5) is 0. The summed E-state index contributed by atoms with van der Waals surface area (Å²) >= 11 is 0. The number of aromatic nitrogens is 1. The molecule has 0 saturated heterocycles. The molecule has 1 saturated carbocycles. The molecule has 0 amide bonds. The average molecular weight is 382 g/mol. The topological polar surface area (TPSA) is 60.3 Å². The molecular formula is C18H20F2N2O3S. The highest BCUT2D eigenvalue weighted by Crippen LogP contribution is 2.36. The first-order valence-electron chi connectivity index (χ1n) is 8.66. The molecule has 4 rings (SSSR count). The van der Waals surface area contributed by atoms with Crippen molar-refractivity contribution < 1.29 is 21.9 Å². The Balaban J connectivity index is 1.48. The minimum Gasteiger partial charge on any atom is -0.490 e. The van der Waals surface area contributed by atoms with Gasteiger partial charge in [0, 0.05) is 31.1 Å². The molecular weight excluding hydrogens is 362 g/mol. The Hall–Kier alpha value is -2.09. The largest absolute Gasteiger partial charge is 0.490 e. The van der Waals surface area contributed by atoms with Crippen molar-refractivity contribution in [3.8, 4) is 16.9 Å². The van der Waals surface area contributed by atoms with Gasteiger partial charge in [0.15, 0.2) is 0 Å². The van der Waals surface area contributed by atoms with Gasteiger partial charge in [0.05, 0.1) is 11.9 Å². The van der Waals surface area contributed by atoms with Crippen molar-refractivity contribution in [2.75, 3.05) is 10.5 Å². The number of ether oxygens (including phenoxy) is 1. The fourth-order valence-electron chi connectivity index (χ4n) is 3.46. The lowest BCUT2D eigenvalue weighted by Gasteiger charge is -2.28. The Labute approximate surface area is 151 Å². The molecule has 0 spiro atoms. The van der Waals surface area contributed by atoms with Gasteiger partial charge in [-0.15, -0.1) is 0 Å². The summed E-state index contributed by atoms with van der Waals surface area (Å²) in [5.74, 6) is -1.29. The van der Waals surface area contributed by atoms with E-state index in [2.05, 4.69) is 4.72 Å². The smallest absolute Gasteiger partial charge is 0.248 e. The van der Waals surface area contributed by atoms with Gasteiger partial charge >= 0.3 is 0 Å². The number of sulfonamides is 1. The number of fused-ring (bicyclic) bond motifs is 1. The fourth-order valence-corrected chi connectivity index (χ4v) is 4.52. The lowest BCUT2D eigenvalue weighted by molar-refractivity contribution is -0.0582. The Morgan fingerprint density at radius 1 is 1.12 bits per heavy atom. The van der Waals surface area contributed by atoms with E-state index < -0.39 is 15.9 Å². The van der Waals surface area contributed by atoms with Crippen LogP contribution >= 0.6 is 0 Å². The van der Waals surface area contributed by atoms with E-state index in [1.54, 1.807) is 12.1 Å². The van der Waals surface area contributed by atoms with E-state index in [4.69, 9.17) is 4.74 Å². The zero-order chi connectivity index (χ0) is 18.4. The van der Waals surface area contributed by atoms with Crippen molar-refractivity contribution in [3.05, 3.63) is 36.5 Å². The minimum atomic E-state index is -3.29. The summed E-state index contributed by atoms with van der Waals surface area (Å²) < 4.78 is 60.4. The highest BCUT2D eigenvalue weighted by Gasteiger charge is 2.35. The number of nitrogens with zero attached hydrogens (tertiary/aromatic N) is 1. The van der Waals surface area contributed by atoms with Crippen molar-refractivity contribution >= 4 is 15.8 Å². The molecule has 140 valence electrons. The van der Waals surface area contributed by atoms with Crippen LogP contribution in [0.15, 0.2) is 36.5 Å². The van der Waals surface area contributed by atoms with Crippen molar-refractivity contribution in [2.45, 2.75) is 44.3 Å². The summed E-state index contributed by atoms with van der Waals surface area (Å²) in [6.07, 6.45) is 2.11. The Morgan fingerprint density at radius 2 is 1.81 bits per heavy atom. The predicted molar refractivity (Wildman–Crippen MR) is 95.1 cm³/mol. The maximum Gasteiger partial charge on any atom is 0.248 e. The number of nitrogens with one attached hydrogen (secondary N) is 1. The standard InChI is InChI=1S/C18H20F2N2O3S/c19-18(20)8-5-15(6-9-18)25-14-3-1-13(2-4-14)16-7-10-22-11-12-26(23,24)21-17(16)22/h1-4,7,10,15,21H,5-6,8-9,11-12H2. The Morgan fingerprint density at radius 3 is 2.50 bits per heavy atom. The van der Waals surface area contributed by atoms with E-state index in [-0.39, 0.29) is 24.7 Å². The molecule has 0 unspecified atom stereocenters. The molecule has 0 atom stereocenters. The molecule has 1 aliphatic heterocycles. The maximum atomic E-state index is 13.2. The van der Waals surface area contributed by atoms with Gasteiger partial charge in [-0.1, -0.05) is 12.1 Å². The first-order valence-corrected chi connectivity index (χ1v) is 10.3. The second-order valence-electron chi connectivity index (χ2n) is 6.89. The lowest BCUT2D eigenvalue weighted by atomic mass is 9.94. The SMILES string of the molecule is O=S1(=O)CCn2ccc(-c3ccc(OC4CCC(F)(F)CC4)cc3)c2N1. The van der Waals surface area contributed by atoms with Crippen LogP contribution < -0.4 is 9.46 Å². The van der Waals surface area contributed by atoms with Crippen LogP contribution in [-0.4, -0.2) is 30.8 Å². The van der Waals surface area contributed by atoms with Gasteiger partial charge in [-0.3, -0.25) is 4.72 Å². The van der Waals surface area contributed by atoms with Crippen molar-refractivity contribution in [1.82, 2.24) is 4.57 Å². The van der Waals surface area contributed by atoms with Crippen LogP contribution in [0.3, 0.4) is 0 Å². The van der Waals surface area contributed by atoms with Crippen LogP contribution in [0.25, 0.3) is 11.1 Å². The summed E-state index contributed by atoms with van der Waals surface area (Å²) in [6, 6.07) is 9.17. The van der Waals surface area contributed by atoms with E-state index in [1.165, 1.54) is 0 Å². The molecule has 8 heteroatoms. The first kappa shape index (κ1) is 17.3. The van der Waals surface area contributed by atoms with Crippen molar-refractivity contribution in [2.24, 2.45) is 0 Å². The summed E-state index contributed by atoms with van der Waals surface area (Å²) in [5, 5.41) is 0. The van der Waals surface area contributed by atoms with Gasteiger partial charge in [-0.2, -0.15) is 0 Å². The zero-order valence-corrected chi connectivity index (χ0v) is 14.9. The second kappa shape index (κ2) is 6.26. The second-order valence-corrected chi connectivity index (χ2v) is 8.73. The van der Waals surface area contributed by atoms with Gasteiger partial charge < -0.3 is 9.30 Å². The molecule has 1 fully saturated rings.